The van der Waals surface area contributed by atoms with E-state index >= 15 is 0 Å². The molecule has 1 amide bonds. The zero-order valence-electron chi connectivity index (χ0n) is 27.9. The molecular weight excluding hydrogens is 595 g/mol. The number of carbonyl (C=O) groups excluding carboxylic acids is 1. The van der Waals surface area contributed by atoms with Crippen LogP contribution >= 0.6 is 0 Å². The molecule has 252 valence electrons. The largest absolute Gasteiger partial charge is 0.438 e. The number of pyridine rings is 1. The van der Waals surface area contributed by atoms with Crippen LogP contribution in [-0.2, 0) is 17.8 Å². The predicted octanol–water partition coefficient (Wildman–Crippen LogP) is 5.08. The Kier molecular flexibility index (Phi) is 10.8. The standard InChI is InChI=1S/C37H49FN6O3/c1-24-19-43(20-25(2)41-24)21-27-7-12-34(29(15-27)22-44-13-14-46-23-26(44)3)28-5-4-6-33(16-28)47-37-35(17-30(38)18-40-37)36(45)42-32-10-8-31(39)9-11-32/h4-7,12,15-18,24-26,31-32,41H,8-11,13-14,19-23,39H2,1-3H3,(H,42,45)/t24-,25+,26-,31-,32-/m0/s1. The second kappa shape index (κ2) is 15.2. The van der Waals surface area contributed by atoms with E-state index in [-0.39, 0.29) is 23.5 Å². The lowest BCUT2D eigenvalue weighted by molar-refractivity contribution is -0.00431. The molecule has 3 aromatic rings. The summed E-state index contributed by atoms with van der Waals surface area (Å²) in [7, 11) is 0. The molecule has 9 nitrogen and oxygen atoms in total. The molecule has 0 spiro atoms. The number of carbonyl (C=O) groups is 1. The van der Waals surface area contributed by atoms with Gasteiger partial charge in [-0.25, -0.2) is 9.37 Å². The molecule has 2 aliphatic heterocycles. The van der Waals surface area contributed by atoms with Gasteiger partial charge in [0.25, 0.3) is 5.91 Å². The van der Waals surface area contributed by atoms with Crippen molar-refractivity contribution in [2.24, 2.45) is 5.73 Å². The quantitative estimate of drug-likeness (QED) is 0.296. The Labute approximate surface area is 278 Å². The van der Waals surface area contributed by atoms with Gasteiger partial charge in [-0.1, -0.05) is 30.3 Å². The molecule has 3 atom stereocenters. The molecule has 0 radical (unpaired) electrons. The Morgan fingerprint density at radius 2 is 1.85 bits per heavy atom. The van der Waals surface area contributed by atoms with E-state index in [0.717, 1.165) is 88.9 Å². The summed E-state index contributed by atoms with van der Waals surface area (Å²) in [5.41, 5.74) is 10.8. The van der Waals surface area contributed by atoms with Crippen LogP contribution in [0.15, 0.2) is 54.7 Å². The number of ether oxygens (including phenoxy) is 2. The van der Waals surface area contributed by atoms with Crippen LogP contribution in [0.2, 0.25) is 0 Å². The van der Waals surface area contributed by atoms with Crippen LogP contribution in [0, 0.1) is 5.82 Å². The molecule has 0 unspecified atom stereocenters. The lowest BCUT2D eigenvalue weighted by Crippen LogP contribution is -2.53. The number of nitrogens with zero attached hydrogens (tertiary/aromatic N) is 3. The van der Waals surface area contributed by atoms with E-state index < -0.39 is 11.7 Å². The van der Waals surface area contributed by atoms with E-state index in [1.54, 1.807) is 0 Å². The molecule has 1 saturated carbocycles. The third kappa shape index (κ3) is 8.74. The van der Waals surface area contributed by atoms with E-state index in [2.05, 4.69) is 70.5 Å². The third-order valence-corrected chi connectivity index (χ3v) is 9.62. The SMILES string of the molecule is C[C@@H]1CN(Cc2ccc(-c3cccc(Oc4ncc(F)cc4C(=O)N[C@H]4CC[C@H](N)CC4)c3)c(CN3CCOC[C@@H]3C)c2)C[C@H](C)N1. The monoisotopic (exact) mass is 644 g/mol. The maximum absolute atomic E-state index is 14.3. The maximum Gasteiger partial charge on any atom is 0.257 e. The molecule has 3 fully saturated rings. The van der Waals surface area contributed by atoms with Gasteiger partial charge >= 0.3 is 0 Å². The molecule has 47 heavy (non-hydrogen) atoms. The average Bonchev–Trinajstić information content (AvgIpc) is 3.04. The van der Waals surface area contributed by atoms with E-state index in [0.29, 0.717) is 23.9 Å². The fourth-order valence-corrected chi connectivity index (χ4v) is 7.24. The van der Waals surface area contributed by atoms with E-state index in [9.17, 15) is 9.18 Å². The minimum absolute atomic E-state index is 0.00398. The molecule has 1 aliphatic carbocycles. The number of hydrogen-bond acceptors (Lipinski definition) is 8. The predicted molar refractivity (Wildman–Crippen MR) is 182 cm³/mol. The van der Waals surface area contributed by atoms with Crippen LogP contribution in [0.3, 0.4) is 0 Å². The molecule has 0 bridgehead atoms. The van der Waals surface area contributed by atoms with Crippen molar-refractivity contribution < 1.29 is 18.7 Å². The first-order valence-corrected chi connectivity index (χ1v) is 17.1. The van der Waals surface area contributed by atoms with Crippen molar-refractivity contribution in [1.29, 1.82) is 0 Å². The highest BCUT2D eigenvalue weighted by Gasteiger charge is 2.25. The van der Waals surface area contributed by atoms with Gasteiger partial charge in [0.15, 0.2) is 0 Å². The first-order chi connectivity index (χ1) is 22.7. The number of halogens is 1. The van der Waals surface area contributed by atoms with Gasteiger partial charge in [-0.3, -0.25) is 14.6 Å². The van der Waals surface area contributed by atoms with Crippen LogP contribution in [0.1, 0.15) is 67.9 Å². The summed E-state index contributed by atoms with van der Waals surface area (Å²) < 4.78 is 26.2. The van der Waals surface area contributed by atoms with Crippen molar-refractivity contribution in [1.82, 2.24) is 25.4 Å². The summed E-state index contributed by atoms with van der Waals surface area (Å²) in [6.07, 6.45) is 4.38. The Hall–Kier alpha value is -3.41. The fourth-order valence-electron chi connectivity index (χ4n) is 7.24. The number of nitrogens with two attached hydrogens (primary N) is 1. The molecule has 3 heterocycles. The molecule has 3 aliphatic rings. The topological polar surface area (TPSA) is 105 Å². The summed E-state index contributed by atoms with van der Waals surface area (Å²) >= 11 is 0. The van der Waals surface area contributed by atoms with Gasteiger partial charge in [0.2, 0.25) is 5.88 Å². The van der Waals surface area contributed by atoms with Crippen molar-refractivity contribution >= 4 is 5.91 Å². The number of amides is 1. The van der Waals surface area contributed by atoms with Crippen molar-refractivity contribution in [3.8, 4) is 22.8 Å². The highest BCUT2D eigenvalue weighted by molar-refractivity contribution is 5.96. The molecule has 10 heteroatoms. The highest BCUT2D eigenvalue weighted by Crippen LogP contribution is 2.32. The second-order valence-corrected chi connectivity index (χ2v) is 13.8. The average molecular weight is 645 g/mol. The van der Waals surface area contributed by atoms with Crippen LogP contribution < -0.4 is 21.1 Å². The van der Waals surface area contributed by atoms with Gasteiger partial charge in [0.05, 0.1) is 19.4 Å². The number of morpholine rings is 1. The van der Waals surface area contributed by atoms with Gasteiger partial charge in [0.1, 0.15) is 17.1 Å². The van der Waals surface area contributed by atoms with Gasteiger partial charge in [-0.2, -0.15) is 0 Å². The van der Waals surface area contributed by atoms with Gasteiger partial charge in [-0.15, -0.1) is 0 Å². The molecule has 4 N–H and O–H groups in total. The van der Waals surface area contributed by atoms with Crippen LogP contribution in [0.5, 0.6) is 11.6 Å². The molecular formula is C37H49FN6O3. The summed E-state index contributed by atoms with van der Waals surface area (Å²) in [6, 6.07) is 17.2. The zero-order chi connectivity index (χ0) is 32.9. The van der Waals surface area contributed by atoms with Crippen LogP contribution in [-0.4, -0.2) is 83.7 Å². The summed E-state index contributed by atoms with van der Waals surface area (Å²) in [5, 5.41) is 6.66. The molecule has 1 aromatic heterocycles. The molecule has 2 saturated heterocycles. The van der Waals surface area contributed by atoms with Crippen LogP contribution in [0.25, 0.3) is 11.1 Å². The number of hydrogen-bond donors (Lipinski definition) is 3. The first-order valence-electron chi connectivity index (χ1n) is 17.1. The fraction of sp³-hybridized carbons (Fsp3) is 0.514. The van der Waals surface area contributed by atoms with Gasteiger partial charge < -0.3 is 25.8 Å². The molecule has 6 rings (SSSR count). The Morgan fingerprint density at radius 1 is 1.06 bits per heavy atom. The summed E-state index contributed by atoms with van der Waals surface area (Å²) in [5.74, 6) is -0.383. The minimum Gasteiger partial charge on any atom is -0.438 e. The van der Waals surface area contributed by atoms with Gasteiger partial charge in [0, 0.05) is 62.9 Å². The number of nitrogens with one attached hydrogen (secondary N) is 2. The van der Waals surface area contributed by atoms with Crippen molar-refractivity contribution in [3.63, 3.8) is 0 Å². The number of aromatic nitrogens is 1. The second-order valence-electron chi connectivity index (χ2n) is 13.8. The number of rotatable bonds is 9. The Balaban J connectivity index is 1.25. The summed E-state index contributed by atoms with van der Waals surface area (Å²) in [6.45, 7) is 12.8. The van der Waals surface area contributed by atoms with E-state index in [1.165, 1.54) is 17.2 Å². The van der Waals surface area contributed by atoms with Crippen LogP contribution in [0.4, 0.5) is 4.39 Å². The van der Waals surface area contributed by atoms with E-state index in [4.69, 9.17) is 15.2 Å². The number of piperazine rings is 1. The Morgan fingerprint density at radius 3 is 2.62 bits per heavy atom. The third-order valence-electron chi connectivity index (χ3n) is 9.62. The lowest BCUT2D eigenvalue weighted by atomic mass is 9.91. The smallest absolute Gasteiger partial charge is 0.257 e. The maximum atomic E-state index is 14.3. The Bertz CT molecular complexity index is 1520. The molecule has 2 aromatic carbocycles. The van der Waals surface area contributed by atoms with Crippen molar-refractivity contribution in [2.75, 3.05) is 32.8 Å². The normalized spacial score (nSPS) is 25.8. The first kappa shape index (κ1) is 33.5. The van der Waals surface area contributed by atoms with Crippen molar-refractivity contribution in [3.05, 3.63) is 77.2 Å². The highest BCUT2D eigenvalue weighted by atomic mass is 19.1. The van der Waals surface area contributed by atoms with E-state index in [1.807, 2.05) is 18.2 Å². The minimum atomic E-state index is -0.589. The zero-order valence-corrected chi connectivity index (χ0v) is 27.9. The van der Waals surface area contributed by atoms with Crippen molar-refractivity contribution in [2.45, 2.75) is 89.8 Å². The number of benzene rings is 2. The summed E-state index contributed by atoms with van der Waals surface area (Å²) in [4.78, 5) is 22.5. The lowest BCUT2D eigenvalue weighted by Gasteiger charge is -2.36. The van der Waals surface area contributed by atoms with Gasteiger partial charge in [-0.05, 0) is 86.9 Å².